The Kier molecular flexibility index (Phi) is 6.18. The van der Waals surface area contributed by atoms with Crippen LogP contribution in [-0.2, 0) is 26.7 Å². The van der Waals surface area contributed by atoms with Crippen LogP contribution in [0.3, 0.4) is 0 Å². The van der Waals surface area contributed by atoms with Crippen LogP contribution < -0.4 is 14.2 Å². The number of anilines is 1. The SMILES string of the molecule is COc1ccccc1S(=O)(=O)Nc1cc(OCCCN(C)C)c2c(c1)C1(CCC1)C(=O)C2. The number of ether oxygens (including phenoxy) is 2. The second kappa shape index (κ2) is 8.75. The van der Waals surface area contributed by atoms with E-state index in [0.29, 0.717) is 24.5 Å². The molecule has 1 N–H and O–H groups in total. The quantitative estimate of drug-likeness (QED) is 0.580. The zero-order valence-electron chi connectivity index (χ0n) is 18.8. The molecule has 7 nitrogen and oxygen atoms in total. The molecule has 4 rings (SSSR count). The number of hydrogen-bond donors (Lipinski definition) is 1. The first-order valence-corrected chi connectivity index (χ1v) is 12.4. The summed E-state index contributed by atoms with van der Waals surface area (Å²) >= 11 is 0. The summed E-state index contributed by atoms with van der Waals surface area (Å²) in [5.74, 6) is 1.07. The van der Waals surface area contributed by atoms with Crippen molar-refractivity contribution in [3.05, 3.63) is 47.5 Å². The van der Waals surface area contributed by atoms with Crippen molar-refractivity contribution in [1.29, 1.82) is 0 Å². The van der Waals surface area contributed by atoms with Gasteiger partial charge >= 0.3 is 0 Å². The smallest absolute Gasteiger partial charge is 0.265 e. The van der Waals surface area contributed by atoms with E-state index in [9.17, 15) is 13.2 Å². The molecule has 0 unspecified atom stereocenters. The number of fused-ring (bicyclic) bond motifs is 2. The molecule has 2 aliphatic rings. The Morgan fingerprint density at radius 2 is 1.88 bits per heavy atom. The van der Waals surface area contributed by atoms with Gasteiger partial charge in [-0.05, 0) is 57.1 Å². The molecule has 0 saturated heterocycles. The first kappa shape index (κ1) is 22.6. The summed E-state index contributed by atoms with van der Waals surface area (Å²) in [6.45, 7) is 1.37. The number of nitrogens with zero attached hydrogens (tertiary/aromatic N) is 1. The predicted octanol–water partition coefficient (Wildman–Crippen LogP) is 3.37. The van der Waals surface area contributed by atoms with E-state index in [2.05, 4.69) is 9.62 Å². The highest BCUT2D eigenvalue weighted by atomic mass is 32.2. The molecule has 0 heterocycles. The van der Waals surface area contributed by atoms with Crippen molar-refractivity contribution in [2.24, 2.45) is 0 Å². The highest BCUT2D eigenvalue weighted by Gasteiger charge is 2.51. The minimum Gasteiger partial charge on any atom is -0.495 e. The number of benzene rings is 2. The van der Waals surface area contributed by atoms with Gasteiger partial charge in [-0.1, -0.05) is 18.6 Å². The summed E-state index contributed by atoms with van der Waals surface area (Å²) in [4.78, 5) is 15.0. The standard InChI is InChI=1S/C24H30N2O5S/c1-26(2)12-7-13-31-21-15-17(14-19-18(21)16-23(27)24(19)10-6-11-24)25-32(28,29)22-9-5-4-8-20(22)30-3/h4-5,8-9,14-15,25H,6-7,10-13,16H2,1-3H3. The molecule has 0 aliphatic heterocycles. The maximum Gasteiger partial charge on any atom is 0.265 e. The Morgan fingerprint density at radius 1 is 1.12 bits per heavy atom. The van der Waals surface area contributed by atoms with Gasteiger partial charge in [0.1, 0.15) is 22.2 Å². The van der Waals surface area contributed by atoms with E-state index < -0.39 is 15.4 Å². The third-order valence-corrected chi connectivity index (χ3v) is 7.84. The lowest BCUT2D eigenvalue weighted by Crippen LogP contribution is -2.39. The number of carbonyl (C=O) groups excluding carboxylic acids is 1. The molecule has 0 atom stereocenters. The molecule has 0 aromatic heterocycles. The Hall–Kier alpha value is -2.58. The van der Waals surface area contributed by atoms with Gasteiger partial charge in [0.2, 0.25) is 0 Å². The van der Waals surface area contributed by atoms with E-state index in [1.807, 2.05) is 20.2 Å². The van der Waals surface area contributed by atoms with Gasteiger partial charge in [-0.15, -0.1) is 0 Å². The number of nitrogens with one attached hydrogen (secondary N) is 1. The normalized spacial score (nSPS) is 16.7. The molecule has 172 valence electrons. The number of para-hydroxylation sites is 1. The van der Waals surface area contributed by atoms with Crippen LogP contribution in [0.2, 0.25) is 0 Å². The van der Waals surface area contributed by atoms with Crippen molar-refractivity contribution in [2.45, 2.75) is 42.4 Å². The number of sulfonamides is 1. The van der Waals surface area contributed by atoms with Crippen molar-refractivity contribution in [3.63, 3.8) is 0 Å². The second-order valence-corrected chi connectivity index (χ2v) is 10.4. The Balaban J connectivity index is 1.68. The molecule has 1 spiro atoms. The number of methoxy groups -OCH3 is 1. The van der Waals surface area contributed by atoms with Gasteiger partial charge in [0, 0.05) is 24.6 Å². The van der Waals surface area contributed by atoms with Gasteiger partial charge in [0.05, 0.1) is 24.8 Å². The lowest BCUT2D eigenvalue weighted by Gasteiger charge is -2.37. The van der Waals surface area contributed by atoms with E-state index >= 15 is 0 Å². The summed E-state index contributed by atoms with van der Waals surface area (Å²) in [6.07, 6.45) is 3.79. The molecule has 8 heteroatoms. The van der Waals surface area contributed by atoms with Crippen molar-refractivity contribution in [2.75, 3.05) is 39.1 Å². The lowest BCUT2D eigenvalue weighted by molar-refractivity contribution is -0.125. The van der Waals surface area contributed by atoms with E-state index in [4.69, 9.17) is 9.47 Å². The van der Waals surface area contributed by atoms with Crippen molar-refractivity contribution in [1.82, 2.24) is 4.90 Å². The third-order valence-electron chi connectivity index (χ3n) is 6.42. The largest absolute Gasteiger partial charge is 0.495 e. The fraction of sp³-hybridized carbons (Fsp3) is 0.458. The van der Waals surface area contributed by atoms with Crippen LogP contribution in [-0.4, -0.2) is 53.5 Å². The number of ketones is 1. The minimum absolute atomic E-state index is 0.0610. The van der Waals surface area contributed by atoms with Crippen LogP contribution >= 0.6 is 0 Å². The van der Waals surface area contributed by atoms with Crippen molar-refractivity contribution in [3.8, 4) is 11.5 Å². The number of Topliss-reactive ketones (excluding diaryl/α,β-unsaturated/α-hetero) is 1. The first-order valence-electron chi connectivity index (χ1n) is 10.9. The van der Waals surface area contributed by atoms with Gasteiger partial charge in [-0.3, -0.25) is 9.52 Å². The van der Waals surface area contributed by atoms with Crippen LogP contribution in [0.15, 0.2) is 41.3 Å². The van der Waals surface area contributed by atoms with E-state index in [-0.39, 0.29) is 16.4 Å². The number of hydrogen-bond acceptors (Lipinski definition) is 6. The Morgan fingerprint density at radius 3 is 2.53 bits per heavy atom. The number of carbonyl (C=O) groups is 1. The maximum atomic E-state index is 13.1. The topological polar surface area (TPSA) is 84.9 Å². The predicted molar refractivity (Wildman–Crippen MR) is 123 cm³/mol. The summed E-state index contributed by atoms with van der Waals surface area (Å²) < 4.78 is 40.3. The van der Waals surface area contributed by atoms with Crippen molar-refractivity contribution < 1.29 is 22.7 Å². The van der Waals surface area contributed by atoms with Gasteiger partial charge in [0.25, 0.3) is 10.0 Å². The molecule has 1 saturated carbocycles. The zero-order chi connectivity index (χ0) is 22.9. The molecule has 1 fully saturated rings. The molecule has 2 aromatic rings. The average Bonchev–Trinajstić information content (AvgIpc) is 3.02. The minimum atomic E-state index is -3.89. The summed E-state index contributed by atoms with van der Waals surface area (Å²) in [7, 11) is 1.56. The van der Waals surface area contributed by atoms with Gasteiger partial charge in [-0.25, -0.2) is 8.42 Å². The van der Waals surface area contributed by atoms with E-state index in [0.717, 1.165) is 43.4 Å². The third kappa shape index (κ3) is 4.09. The second-order valence-electron chi connectivity index (χ2n) is 8.80. The van der Waals surface area contributed by atoms with Gasteiger partial charge < -0.3 is 14.4 Å². The van der Waals surface area contributed by atoms with Crippen molar-refractivity contribution >= 4 is 21.5 Å². The molecular formula is C24H30N2O5S. The molecular weight excluding hydrogens is 428 g/mol. The van der Waals surface area contributed by atoms with Crippen LogP contribution in [0.5, 0.6) is 11.5 Å². The fourth-order valence-corrected chi connectivity index (χ4v) is 5.83. The van der Waals surface area contributed by atoms with Crippen LogP contribution in [0.4, 0.5) is 5.69 Å². The van der Waals surface area contributed by atoms with Gasteiger partial charge in [-0.2, -0.15) is 0 Å². The Labute approximate surface area is 189 Å². The summed E-state index contributed by atoms with van der Waals surface area (Å²) in [5.41, 5.74) is 1.73. The van der Waals surface area contributed by atoms with E-state index in [1.54, 1.807) is 24.3 Å². The van der Waals surface area contributed by atoms with Crippen LogP contribution in [0, 0.1) is 0 Å². The molecule has 0 amide bonds. The lowest BCUT2D eigenvalue weighted by atomic mass is 9.64. The monoisotopic (exact) mass is 458 g/mol. The maximum absolute atomic E-state index is 13.1. The van der Waals surface area contributed by atoms with E-state index in [1.165, 1.54) is 13.2 Å². The Bertz CT molecular complexity index is 1120. The summed E-state index contributed by atoms with van der Waals surface area (Å²) in [6, 6.07) is 10.0. The number of rotatable bonds is 9. The highest BCUT2D eigenvalue weighted by Crippen LogP contribution is 2.53. The van der Waals surface area contributed by atoms with Gasteiger partial charge in [0.15, 0.2) is 0 Å². The van der Waals surface area contributed by atoms with Crippen LogP contribution in [0.25, 0.3) is 0 Å². The highest BCUT2D eigenvalue weighted by molar-refractivity contribution is 7.92. The van der Waals surface area contributed by atoms with Crippen LogP contribution in [0.1, 0.15) is 36.8 Å². The zero-order valence-corrected chi connectivity index (χ0v) is 19.6. The molecule has 0 bridgehead atoms. The molecule has 2 aromatic carbocycles. The average molecular weight is 459 g/mol. The molecule has 2 aliphatic carbocycles. The molecule has 32 heavy (non-hydrogen) atoms. The fourth-order valence-electron chi connectivity index (χ4n) is 4.61. The first-order chi connectivity index (χ1) is 15.3. The molecule has 0 radical (unpaired) electrons. The summed E-state index contributed by atoms with van der Waals surface area (Å²) in [5, 5.41) is 0.